The maximum absolute atomic E-state index is 12.8. The molecule has 29 heavy (non-hydrogen) atoms. The summed E-state index contributed by atoms with van der Waals surface area (Å²) >= 11 is 0. The molecule has 2 atom stereocenters. The standard InChI is InChI=1S/C20H28N2O6S/c1-15-5-3-6-16(2)22(15)19(23)14-28-20(24)17-7-4-8-18(13-17)29(25,26)21-9-11-27-12-10-21/h4,7-8,13,15-16H,3,5-6,9-12,14H2,1-2H3. The first-order chi connectivity index (χ1) is 13.8. The van der Waals surface area contributed by atoms with Gasteiger partial charge in [-0.25, -0.2) is 13.2 Å². The zero-order chi connectivity index (χ0) is 21.0. The van der Waals surface area contributed by atoms with Crippen LogP contribution in [0.15, 0.2) is 29.2 Å². The van der Waals surface area contributed by atoms with Gasteiger partial charge in [0.15, 0.2) is 6.61 Å². The molecule has 2 unspecified atom stereocenters. The van der Waals surface area contributed by atoms with E-state index in [0.29, 0.717) is 13.2 Å². The SMILES string of the molecule is CC1CCCC(C)N1C(=O)COC(=O)c1cccc(S(=O)(=O)N2CCOCC2)c1. The molecule has 2 saturated heterocycles. The number of ether oxygens (including phenoxy) is 2. The van der Waals surface area contributed by atoms with E-state index in [9.17, 15) is 18.0 Å². The summed E-state index contributed by atoms with van der Waals surface area (Å²) in [7, 11) is -3.71. The Morgan fingerprint density at radius 2 is 1.79 bits per heavy atom. The minimum atomic E-state index is -3.71. The van der Waals surface area contributed by atoms with Crippen molar-refractivity contribution < 1.29 is 27.5 Å². The topological polar surface area (TPSA) is 93.2 Å². The van der Waals surface area contributed by atoms with Gasteiger partial charge in [-0.15, -0.1) is 0 Å². The van der Waals surface area contributed by atoms with Gasteiger partial charge in [0.1, 0.15) is 0 Å². The van der Waals surface area contributed by atoms with Crippen molar-refractivity contribution >= 4 is 21.9 Å². The highest BCUT2D eigenvalue weighted by molar-refractivity contribution is 7.89. The molecule has 0 saturated carbocycles. The lowest BCUT2D eigenvalue weighted by Crippen LogP contribution is -2.49. The van der Waals surface area contributed by atoms with E-state index in [1.54, 1.807) is 4.90 Å². The molecule has 2 aliphatic heterocycles. The van der Waals surface area contributed by atoms with Crippen LogP contribution in [-0.2, 0) is 24.3 Å². The van der Waals surface area contributed by atoms with E-state index in [0.717, 1.165) is 19.3 Å². The van der Waals surface area contributed by atoms with Gasteiger partial charge in [0.05, 0.1) is 23.7 Å². The van der Waals surface area contributed by atoms with Crippen molar-refractivity contribution in [2.45, 2.75) is 50.1 Å². The van der Waals surface area contributed by atoms with Crippen LogP contribution in [0.5, 0.6) is 0 Å². The second-order valence-electron chi connectivity index (χ2n) is 7.55. The minimum absolute atomic E-state index is 0.0263. The molecule has 1 amide bonds. The third-order valence-electron chi connectivity index (χ3n) is 5.49. The summed E-state index contributed by atoms with van der Waals surface area (Å²) in [5, 5.41) is 0. The first-order valence-corrected chi connectivity index (χ1v) is 11.4. The third kappa shape index (κ3) is 4.96. The van der Waals surface area contributed by atoms with E-state index in [-0.39, 0.29) is 48.1 Å². The normalized spacial score (nSPS) is 23.6. The molecule has 0 spiro atoms. The third-order valence-corrected chi connectivity index (χ3v) is 7.38. The maximum atomic E-state index is 12.8. The number of rotatable bonds is 5. The highest BCUT2D eigenvalue weighted by atomic mass is 32.2. The van der Waals surface area contributed by atoms with Gasteiger partial charge in [0, 0.05) is 25.2 Å². The summed E-state index contributed by atoms with van der Waals surface area (Å²) in [5.74, 6) is -0.940. The van der Waals surface area contributed by atoms with E-state index < -0.39 is 16.0 Å². The zero-order valence-electron chi connectivity index (χ0n) is 16.9. The van der Waals surface area contributed by atoms with Crippen LogP contribution in [0, 0.1) is 0 Å². The first kappa shape index (κ1) is 21.7. The van der Waals surface area contributed by atoms with E-state index >= 15 is 0 Å². The van der Waals surface area contributed by atoms with Crippen molar-refractivity contribution in [1.29, 1.82) is 0 Å². The summed E-state index contributed by atoms with van der Waals surface area (Å²) in [6.07, 6.45) is 2.95. The average molecular weight is 425 g/mol. The molecule has 2 fully saturated rings. The first-order valence-electron chi connectivity index (χ1n) is 9.97. The van der Waals surface area contributed by atoms with Crippen LogP contribution in [0.2, 0.25) is 0 Å². The van der Waals surface area contributed by atoms with Crippen LogP contribution in [0.25, 0.3) is 0 Å². The molecular weight excluding hydrogens is 396 g/mol. The molecule has 0 aliphatic carbocycles. The van der Waals surface area contributed by atoms with Crippen molar-refractivity contribution in [2.75, 3.05) is 32.9 Å². The quantitative estimate of drug-likeness (QED) is 0.668. The monoisotopic (exact) mass is 424 g/mol. The number of sulfonamides is 1. The maximum Gasteiger partial charge on any atom is 0.338 e. The summed E-state index contributed by atoms with van der Waals surface area (Å²) in [4.78, 5) is 26.8. The predicted molar refractivity (Wildman–Crippen MR) is 106 cm³/mol. The van der Waals surface area contributed by atoms with E-state index in [4.69, 9.17) is 9.47 Å². The van der Waals surface area contributed by atoms with Gasteiger partial charge in [-0.2, -0.15) is 4.31 Å². The molecule has 0 aromatic heterocycles. The van der Waals surface area contributed by atoms with Gasteiger partial charge in [-0.05, 0) is 51.3 Å². The number of likely N-dealkylation sites (tertiary alicyclic amines) is 1. The van der Waals surface area contributed by atoms with Crippen molar-refractivity contribution in [3.8, 4) is 0 Å². The van der Waals surface area contributed by atoms with Crippen molar-refractivity contribution in [3.05, 3.63) is 29.8 Å². The molecule has 8 nitrogen and oxygen atoms in total. The van der Waals surface area contributed by atoms with Gasteiger partial charge in [-0.1, -0.05) is 6.07 Å². The fourth-order valence-electron chi connectivity index (χ4n) is 3.92. The minimum Gasteiger partial charge on any atom is -0.452 e. The molecule has 160 valence electrons. The van der Waals surface area contributed by atoms with Crippen LogP contribution in [-0.4, -0.2) is 74.5 Å². The predicted octanol–water partition coefficient (Wildman–Crippen LogP) is 1.65. The number of piperidine rings is 1. The Bertz CT molecular complexity index is 840. The second kappa shape index (κ2) is 9.23. The van der Waals surface area contributed by atoms with E-state index in [1.165, 1.54) is 28.6 Å². The molecule has 1 aromatic carbocycles. The van der Waals surface area contributed by atoms with Crippen LogP contribution < -0.4 is 0 Å². The van der Waals surface area contributed by atoms with Gasteiger partial charge < -0.3 is 14.4 Å². The largest absolute Gasteiger partial charge is 0.452 e. The lowest BCUT2D eigenvalue weighted by Gasteiger charge is -2.38. The second-order valence-corrected chi connectivity index (χ2v) is 9.49. The summed E-state index contributed by atoms with van der Waals surface area (Å²) in [5.41, 5.74) is 0.104. The van der Waals surface area contributed by atoms with Crippen LogP contribution >= 0.6 is 0 Å². The van der Waals surface area contributed by atoms with Crippen LogP contribution in [0.4, 0.5) is 0 Å². The fraction of sp³-hybridized carbons (Fsp3) is 0.600. The van der Waals surface area contributed by atoms with Gasteiger partial charge in [0.2, 0.25) is 10.0 Å². The summed E-state index contributed by atoms with van der Waals surface area (Å²) in [6.45, 7) is 4.88. The Hall–Kier alpha value is -1.97. The Morgan fingerprint density at radius 3 is 2.45 bits per heavy atom. The van der Waals surface area contributed by atoms with Gasteiger partial charge in [0.25, 0.3) is 5.91 Å². The number of hydrogen-bond donors (Lipinski definition) is 0. The smallest absolute Gasteiger partial charge is 0.338 e. The molecule has 1 aromatic rings. The number of carbonyl (C=O) groups excluding carboxylic acids is 2. The van der Waals surface area contributed by atoms with Crippen molar-refractivity contribution in [3.63, 3.8) is 0 Å². The molecule has 2 heterocycles. The molecule has 0 radical (unpaired) electrons. The summed E-state index contributed by atoms with van der Waals surface area (Å²) in [6, 6.07) is 5.96. The highest BCUT2D eigenvalue weighted by Gasteiger charge is 2.30. The van der Waals surface area contributed by atoms with Gasteiger partial charge >= 0.3 is 5.97 Å². The Morgan fingerprint density at radius 1 is 1.14 bits per heavy atom. The number of benzene rings is 1. The number of esters is 1. The summed E-state index contributed by atoms with van der Waals surface area (Å²) < 4.78 is 37.3. The number of morpholine rings is 1. The lowest BCUT2D eigenvalue weighted by atomic mass is 9.97. The zero-order valence-corrected chi connectivity index (χ0v) is 17.7. The number of carbonyl (C=O) groups is 2. The van der Waals surface area contributed by atoms with Crippen molar-refractivity contribution in [1.82, 2.24) is 9.21 Å². The molecule has 0 N–H and O–H groups in total. The molecular formula is C20H28N2O6S. The Kier molecular flexibility index (Phi) is 6.92. The van der Waals surface area contributed by atoms with Gasteiger partial charge in [-0.3, -0.25) is 4.79 Å². The lowest BCUT2D eigenvalue weighted by molar-refractivity contribution is -0.140. The molecule has 3 rings (SSSR count). The fourth-order valence-corrected chi connectivity index (χ4v) is 5.37. The van der Waals surface area contributed by atoms with Crippen LogP contribution in [0.3, 0.4) is 0 Å². The number of hydrogen-bond acceptors (Lipinski definition) is 6. The van der Waals surface area contributed by atoms with E-state index in [2.05, 4.69) is 0 Å². The molecule has 0 bridgehead atoms. The number of nitrogens with zero attached hydrogens (tertiary/aromatic N) is 2. The molecule has 2 aliphatic rings. The average Bonchev–Trinajstić information content (AvgIpc) is 2.72. The van der Waals surface area contributed by atoms with E-state index in [1.807, 2.05) is 13.8 Å². The van der Waals surface area contributed by atoms with Crippen LogP contribution in [0.1, 0.15) is 43.5 Å². The Balaban J connectivity index is 1.65. The van der Waals surface area contributed by atoms with Crippen molar-refractivity contribution in [2.24, 2.45) is 0 Å². The Labute approximate surface area is 171 Å². The highest BCUT2D eigenvalue weighted by Crippen LogP contribution is 2.23. The number of amides is 1. The molecule has 9 heteroatoms.